The summed E-state index contributed by atoms with van der Waals surface area (Å²) < 4.78 is 0. The van der Waals surface area contributed by atoms with Gasteiger partial charge in [0.25, 0.3) is 0 Å². The lowest BCUT2D eigenvalue weighted by atomic mass is 9.91. The third-order valence-corrected chi connectivity index (χ3v) is 2.45. The summed E-state index contributed by atoms with van der Waals surface area (Å²) in [6, 6.07) is 0. The molecule has 1 unspecified atom stereocenters. The van der Waals surface area contributed by atoms with Gasteiger partial charge in [0.15, 0.2) is 0 Å². The molecule has 0 amide bonds. The number of rotatable bonds is 4. The molecular weight excluding hydrogens is 124 g/mol. The van der Waals surface area contributed by atoms with Gasteiger partial charge in [0.2, 0.25) is 0 Å². The lowest BCUT2D eigenvalue weighted by molar-refractivity contribution is 0.0166. The first kappa shape index (κ1) is 7.80. The van der Waals surface area contributed by atoms with Crippen LogP contribution in [0.4, 0.5) is 0 Å². The van der Waals surface area contributed by atoms with E-state index in [1.807, 2.05) is 13.0 Å². The lowest BCUT2D eigenvalue weighted by Crippen LogP contribution is -2.29. The summed E-state index contributed by atoms with van der Waals surface area (Å²) >= 11 is 0. The van der Waals surface area contributed by atoms with Crippen molar-refractivity contribution in [3.63, 3.8) is 0 Å². The summed E-state index contributed by atoms with van der Waals surface area (Å²) in [5.74, 6) is 0.565. The maximum Gasteiger partial charge on any atom is 0.0707 e. The molecule has 0 aromatic heterocycles. The quantitative estimate of drug-likeness (QED) is 0.593. The molecule has 1 atom stereocenters. The maximum absolute atomic E-state index is 9.89. The van der Waals surface area contributed by atoms with Gasteiger partial charge in [-0.3, -0.25) is 0 Å². The molecule has 0 spiro atoms. The summed E-state index contributed by atoms with van der Waals surface area (Å²) in [7, 11) is 0. The number of hydrogen-bond donors (Lipinski definition) is 1. The highest BCUT2D eigenvalue weighted by Gasteiger charge is 2.40. The van der Waals surface area contributed by atoms with Crippen molar-refractivity contribution < 1.29 is 5.11 Å². The standard InChI is InChI=1S/C9H16O/c1-3-7-9(10,4-2)8-5-6-8/h3,8,10H,1,4-7H2,2H3. The summed E-state index contributed by atoms with van der Waals surface area (Å²) in [5.41, 5.74) is -0.415. The van der Waals surface area contributed by atoms with Crippen LogP contribution in [0.5, 0.6) is 0 Å². The zero-order valence-electron chi connectivity index (χ0n) is 6.64. The Kier molecular flexibility index (Phi) is 2.14. The molecule has 0 aliphatic heterocycles. The molecule has 0 aromatic carbocycles. The van der Waals surface area contributed by atoms with E-state index in [0.717, 1.165) is 12.8 Å². The topological polar surface area (TPSA) is 20.2 Å². The molecule has 1 N–H and O–H groups in total. The smallest absolute Gasteiger partial charge is 0.0707 e. The molecule has 0 saturated heterocycles. The van der Waals surface area contributed by atoms with Gasteiger partial charge in [0.1, 0.15) is 0 Å². The van der Waals surface area contributed by atoms with E-state index in [9.17, 15) is 5.11 Å². The second kappa shape index (κ2) is 2.75. The summed E-state index contributed by atoms with van der Waals surface area (Å²) in [6.45, 7) is 5.69. The molecule has 0 radical (unpaired) electrons. The summed E-state index contributed by atoms with van der Waals surface area (Å²) in [5, 5.41) is 9.89. The predicted molar refractivity (Wildman–Crippen MR) is 42.8 cm³/mol. The van der Waals surface area contributed by atoms with Crippen LogP contribution in [-0.2, 0) is 0 Å². The molecular formula is C9H16O. The first-order valence-electron chi connectivity index (χ1n) is 4.06. The monoisotopic (exact) mass is 140 g/mol. The molecule has 58 valence electrons. The second-order valence-corrected chi connectivity index (χ2v) is 3.22. The Bertz CT molecular complexity index is 127. The molecule has 10 heavy (non-hydrogen) atoms. The fourth-order valence-electron chi connectivity index (χ4n) is 1.47. The van der Waals surface area contributed by atoms with Crippen molar-refractivity contribution in [2.45, 2.75) is 38.2 Å². The van der Waals surface area contributed by atoms with Gasteiger partial charge in [0.05, 0.1) is 5.60 Å². The van der Waals surface area contributed by atoms with Crippen LogP contribution in [0.2, 0.25) is 0 Å². The van der Waals surface area contributed by atoms with Crippen LogP contribution < -0.4 is 0 Å². The Hall–Kier alpha value is -0.300. The highest BCUT2D eigenvalue weighted by atomic mass is 16.3. The SMILES string of the molecule is C=CCC(O)(CC)C1CC1. The van der Waals surface area contributed by atoms with Crippen LogP contribution in [0.1, 0.15) is 32.6 Å². The van der Waals surface area contributed by atoms with Crippen molar-refractivity contribution in [2.75, 3.05) is 0 Å². The number of hydrogen-bond acceptors (Lipinski definition) is 1. The molecule has 0 heterocycles. The number of aliphatic hydroxyl groups is 1. The van der Waals surface area contributed by atoms with Gasteiger partial charge >= 0.3 is 0 Å². The summed E-state index contributed by atoms with van der Waals surface area (Å²) in [6.07, 6.45) is 5.86. The minimum absolute atomic E-state index is 0.415. The van der Waals surface area contributed by atoms with Crippen LogP contribution in [0.25, 0.3) is 0 Å². The fourth-order valence-corrected chi connectivity index (χ4v) is 1.47. The zero-order valence-corrected chi connectivity index (χ0v) is 6.64. The van der Waals surface area contributed by atoms with E-state index in [1.165, 1.54) is 12.8 Å². The van der Waals surface area contributed by atoms with E-state index in [2.05, 4.69) is 6.58 Å². The van der Waals surface area contributed by atoms with E-state index < -0.39 is 5.60 Å². The molecule has 1 heteroatoms. The van der Waals surface area contributed by atoms with Crippen molar-refractivity contribution in [1.82, 2.24) is 0 Å². The van der Waals surface area contributed by atoms with Crippen LogP contribution in [0.15, 0.2) is 12.7 Å². The van der Waals surface area contributed by atoms with Gasteiger partial charge < -0.3 is 5.11 Å². The van der Waals surface area contributed by atoms with E-state index >= 15 is 0 Å². The minimum atomic E-state index is -0.415. The summed E-state index contributed by atoms with van der Waals surface area (Å²) in [4.78, 5) is 0. The average Bonchev–Trinajstić information content (AvgIpc) is 2.69. The van der Waals surface area contributed by atoms with Crippen LogP contribution in [0, 0.1) is 5.92 Å². The van der Waals surface area contributed by atoms with Gasteiger partial charge in [0, 0.05) is 0 Å². The molecule has 1 aliphatic carbocycles. The second-order valence-electron chi connectivity index (χ2n) is 3.22. The Balaban J connectivity index is 2.46. The molecule has 1 rings (SSSR count). The van der Waals surface area contributed by atoms with Crippen LogP contribution in [-0.4, -0.2) is 10.7 Å². The van der Waals surface area contributed by atoms with Crippen molar-refractivity contribution in [3.05, 3.63) is 12.7 Å². The molecule has 0 aromatic rings. The van der Waals surface area contributed by atoms with Gasteiger partial charge in [-0.25, -0.2) is 0 Å². The van der Waals surface area contributed by atoms with E-state index in [0.29, 0.717) is 5.92 Å². The van der Waals surface area contributed by atoms with Crippen molar-refractivity contribution in [3.8, 4) is 0 Å². The van der Waals surface area contributed by atoms with E-state index in [-0.39, 0.29) is 0 Å². The fraction of sp³-hybridized carbons (Fsp3) is 0.778. The Morgan fingerprint density at radius 1 is 1.70 bits per heavy atom. The predicted octanol–water partition coefficient (Wildman–Crippen LogP) is 2.11. The largest absolute Gasteiger partial charge is 0.389 e. The lowest BCUT2D eigenvalue weighted by Gasteiger charge is -2.24. The average molecular weight is 140 g/mol. The molecule has 1 fully saturated rings. The molecule has 1 nitrogen and oxygen atoms in total. The Morgan fingerprint density at radius 2 is 2.30 bits per heavy atom. The third kappa shape index (κ3) is 1.40. The normalized spacial score (nSPS) is 23.8. The van der Waals surface area contributed by atoms with Gasteiger partial charge in [-0.1, -0.05) is 13.0 Å². The van der Waals surface area contributed by atoms with Crippen molar-refractivity contribution in [2.24, 2.45) is 5.92 Å². The maximum atomic E-state index is 9.89. The van der Waals surface area contributed by atoms with Gasteiger partial charge in [-0.05, 0) is 31.6 Å². The van der Waals surface area contributed by atoms with Crippen LogP contribution in [0.3, 0.4) is 0 Å². The Labute approximate surface area is 62.8 Å². The molecule has 1 saturated carbocycles. The highest BCUT2D eigenvalue weighted by Crippen LogP contribution is 2.43. The Morgan fingerprint density at radius 3 is 2.60 bits per heavy atom. The van der Waals surface area contributed by atoms with E-state index in [4.69, 9.17) is 0 Å². The van der Waals surface area contributed by atoms with Crippen molar-refractivity contribution >= 4 is 0 Å². The van der Waals surface area contributed by atoms with Gasteiger partial charge in [-0.2, -0.15) is 0 Å². The van der Waals surface area contributed by atoms with Gasteiger partial charge in [-0.15, -0.1) is 6.58 Å². The van der Waals surface area contributed by atoms with Crippen LogP contribution >= 0.6 is 0 Å². The first-order valence-corrected chi connectivity index (χ1v) is 4.06. The molecule has 1 aliphatic rings. The molecule has 0 bridgehead atoms. The van der Waals surface area contributed by atoms with E-state index in [1.54, 1.807) is 0 Å². The first-order chi connectivity index (χ1) is 4.73. The zero-order chi connectivity index (χ0) is 7.61. The van der Waals surface area contributed by atoms with Crippen molar-refractivity contribution in [1.29, 1.82) is 0 Å². The highest BCUT2D eigenvalue weighted by molar-refractivity contribution is 4.97. The minimum Gasteiger partial charge on any atom is -0.389 e. The third-order valence-electron chi connectivity index (χ3n) is 2.45.